The van der Waals surface area contributed by atoms with Gasteiger partial charge in [0.05, 0.1) is 12.0 Å². The molecule has 2 heterocycles. The molecule has 2 rings (SSSR count). The first-order chi connectivity index (χ1) is 6.36. The van der Waals surface area contributed by atoms with Crippen molar-refractivity contribution in [2.24, 2.45) is 5.92 Å². The molecule has 3 unspecified atom stereocenters. The van der Waals surface area contributed by atoms with Crippen molar-refractivity contribution in [2.45, 2.75) is 36.8 Å². The van der Waals surface area contributed by atoms with Gasteiger partial charge in [-0.15, -0.1) is 11.8 Å². The molecule has 1 N–H and O–H groups in total. The van der Waals surface area contributed by atoms with Crippen molar-refractivity contribution in [1.82, 2.24) is 5.32 Å². The fraction of sp³-hybridized carbons (Fsp3) is 1.00. The summed E-state index contributed by atoms with van der Waals surface area (Å²) in [6, 6.07) is 0. The van der Waals surface area contributed by atoms with Gasteiger partial charge in [0.2, 0.25) is 0 Å². The van der Waals surface area contributed by atoms with Gasteiger partial charge in [-0.1, -0.05) is 6.92 Å². The monoisotopic (exact) mass is 201 g/mol. The first-order valence-corrected chi connectivity index (χ1v) is 6.27. The Morgan fingerprint density at radius 1 is 1.38 bits per heavy atom. The zero-order valence-electron chi connectivity index (χ0n) is 8.29. The minimum atomic E-state index is 0.657. The molecule has 2 saturated heterocycles. The molecule has 2 fully saturated rings. The summed E-state index contributed by atoms with van der Waals surface area (Å²) in [5.41, 5.74) is 0. The van der Waals surface area contributed by atoms with E-state index in [1.807, 2.05) is 0 Å². The van der Waals surface area contributed by atoms with Gasteiger partial charge in [0.15, 0.2) is 0 Å². The molecule has 3 heteroatoms. The maximum Gasteiger partial charge on any atom is 0.0585 e. The van der Waals surface area contributed by atoms with E-state index in [0.717, 1.165) is 24.4 Å². The van der Waals surface area contributed by atoms with Crippen LogP contribution < -0.4 is 5.32 Å². The molecular weight excluding hydrogens is 182 g/mol. The van der Waals surface area contributed by atoms with Crippen LogP contribution in [0.3, 0.4) is 0 Å². The van der Waals surface area contributed by atoms with Crippen molar-refractivity contribution < 1.29 is 4.74 Å². The second-order valence-corrected chi connectivity index (χ2v) is 5.67. The van der Waals surface area contributed by atoms with E-state index in [0.29, 0.717) is 5.37 Å². The summed E-state index contributed by atoms with van der Waals surface area (Å²) < 4.78 is 5.52. The van der Waals surface area contributed by atoms with Crippen molar-refractivity contribution in [1.29, 1.82) is 0 Å². The summed E-state index contributed by atoms with van der Waals surface area (Å²) in [6.07, 6.45) is 3.91. The second-order valence-electron chi connectivity index (χ2n) is 4.09. The molecule has 13 heavy (non-hydrogen) atoms. The van der Waals surface area contributed by atoms with Gasteiger partial charge >= 0.3 is 0 Å². The highest BCUT2D eigenvalue weighted by Crippen LogP contribution is 2.31. The number of nitrogens with one attached hydrogen (secondary N) is 1. The van der Waals surface area contributed by atoms with E-state index in [4.69, 9.17) is 4.74 Å². The van der Waals surface area contributed by atoms with Crippen LogP contribution in [0, 0.1) is 5.92 Å². The Bertz CT molecular complexity index is 159. The van der Waals surface area contributed by atoms with E-state index < -0.39 is 0 Å². The minimum absolute atomic E-state index is 0.657. The Morgan fingerprint density at radius 2 is 2.31 bits per heavy atom. The Hall–Kier alpha value is 0.270. The Labute approximate surface area is 84.8 Å². The van der Waals surface area contributed by atoms with Crippen molar-refractivity contribution in [3.05, 3.63) is 0 Å². The van der Waals surface area contributed by atoms with Gasteiger partial charge in [-0.3, -0.25) is 0 Å². The molecular formula is C10H19NOS. The second kappa shape index (κ2) is 4.67. The maximum absolute atomic E-state index is 5.52. The smallest absolute Gasteiger partial charge is 0.0585 e. The lowest BCUT2D eigenvalue weighted by Crippen LogP contribution is -2.43. The summed E-state index contributed by atoms with van der Waals surface area (Å²) >= 11 is 2.10. The van der Waals surface area contributed by atoms with Gasteiger partial charge in [-0.25, -0.2) is 0 Å². The molecule has 0 spiro atoms. The Kier molecular flexibility index (Phi) is 3.52. The van der Waals surface area contributed by atoms with Crippen molar-refractivity contribution in [3.63, 3.8) is 0 Å². The van der Waals surface area contributed by atoms with Gasteiger partial charge in [0.25, 0.3) is 0 Å². The first kappa shape index (κ1) is 9.81. The zero-order valence-corrected chi connectivity index (χ0v) is 9.11. The average Bonchev–Trinajstić information content (AvgIpc) is 2.19. The van der Waals surface area contributed by atoms with E-state index in [1.165, 1.54) is 25.8 Å². The molecule has 0 aromatic rings. The van der Waals surface area contributed by atoms with Crippen LogP contribution in [0.2, 0.25) is 0 Å². The maximum atomic E-state index is 5.52. The Balaban J connectivity index is 1.83. The highest BCUT2D eigenvalue weighted by molar-refractivity contribution is 8.00. The summed E-state index contributed by atoms with van der Waals surface area (Å²) in [7, 11) is 0. The van der Waals surface area contributed by atoms with Crippen molar-refractivity contribution in [2.75, 3.05) is 19.8 Å². The molecule has 2 aliphatic heterocycles. The zero-order chi connectivity index (χ0) is 9.10. The van der Waals surface area contributed by atoms with E-state index in [9.17, 15) is 0 Å². The molecule has 76 valence electrons. The predicted octanol–water partition coefficient (Wildman–Crippen LogP) is 1.85. The predicted molar refractivity (Wildman–Crippen MR) is 57.0 cm³/mol. The van der Waals surface area contributed by atoms with Gasteiger partial charge in [-0.2, -0.15) is 0 Å². The fourth-order valence-electron chi connectivity index (χ4n) is 2.08. The minimum Gasteiger partial charge on any atom is -0.381 e. The molecule has 2 aliphatic rings. The third-order valence-electron chi connectivity index (χ3n) is 2.90. The summed E-state index contributed by atoms with van der Waals surface area (Å²) in [4.78, 5) is 0. The molecule has 0 radical (unpaired) electrons. The third kappa shape index (κ3) is 2.61. The van der Waals surface area contributed by atoms with Gasteiger partial charge < -0.3 is 10.1 Å². The molecule has 0 bridgehead atoms. The summed E-state index contributed by atoms with van der Waals surface area (Å²) in [6.45, 7) is 5.47. The number of thioether (sulfide) groups is 1. The van der Waals surface area contributed by atoms with Crippen LogP contribution in [0.4, 0.5) is 0 Å². The molecule has 0 aromatic heterocycles. The number of hydrogen-bond donors (Lipinski definition) is 1. The summed E-state index contributed by atoms with van der Waals surface area (Å²) in [5.74, 6) is 0.751. The highest BCUT2D eigenvalue weighted by atomic mass is 32.2. The van der Waals surface area contributed by atoms with Crippen molar-refractivity contribution >= 4 is 11.8 Å². The quantitative estimate of drug-likeness (QED) is 0.699. The van der Waals surface area contributed by atoms with Crippen LogP contribution >= 0.6 is 11.8 Å². The molecule has 2 nitrogen and oxygen atoms in total. The lowest BCUT2D eigenvalue weighted by Gasteiger charge is -2.35. The fourth-order valence-corrected chi connectivity index (χ4v) is 3.48. The first-order valence-electron chi connectivity index (χ1n) is 5.33. The molecule has 0 saturated carbocycles. The van der Waals surface area contributed by atoms with Crippen LogP contribution in [-0.2, 0) is 4.74 Å². The number of rotatable bonds is 1. The molecule has 0 amide bonds. The number of ether oxygens (including phenoxy) is 1. The SMILES string of the molecule is CC1CCNC(C2CCCOC2)S1. The molecule has 0 aliphatic carbocycles. The average molecular weight is 201 g/mol. The van der Waals surface area contributed by atoms with E-state index in [2.05, 4.69) is 24.0 Å². The molecule has 3 atom stereocenters. The van der Waals surface area contributed by atoms with Crippen molar-refractivity contribution in [3.8, 4) is 0 Å². The standard InChI is InChI=1S/C10H19NOS/c1-8-4-5-11-10(13-8)9-3-2-6-12-7-9/h8-11H,2-7H2,1H3. The van der Waals surface area contributed by atoms with Gasteiger partial charge in [0, 0.05) is 17.8 Å². The normalized spacial score (nSPS) is 41.8. The van der Waals surface area contributed by atoms with Gasteiger partial charge in [-0.05, 0) is 25.8 Å². The molecule has 0 aromatic carbocycles. The largest absolute Gasteiger partial charge is 0.381 e. The number of hydrogen-bond acceptors (Lipinski definition) is 3. The highest BCUT2D eigenvalue weighted by Gasteiger charge is 2.28. The Morgan fingerprint density at radius 3 is 3.00 bits per heavy atom. The van der Waals surface area contributed by atoms with Crippen LogP contribution in [0.1, 0.15) is 26.2 Å². The van der Waals surface area contributed by atoms with E-state index >= 15 is 0 Å². The van der Waals surface area contributed by atoms with Crippen LogP contribution in [0.15, 0.2) is 0 Å². The summed E-state index contributed by atoms with van der Waals surface area (Å²) in [5, 5.41) is 5.09. The van der Waals surface area contributed by atoms with E-state index in [-0.39, 0.29) is 0 Å². The lowest BCUT2D eigenvalue weighted by atomic mass is 10.0. The van der Waals surface area contributed by atoms with Crippen LogP contribution in [-0.4, -0.2) is 30.4 Å². The van der Waals surface area contributed by atoms with E-state index in [1.54, 1.807) is 0 Å². The van der Waals surface area contributed by atoms with Crippen LogP contribution in [0.5, 0.6) is 0 Å². The topological polar surface area (TPSA) is 21.3 Å². The van der Waals surface area contributed by atoms with Gasteiger partial charge in [0.1, 0.15) is 0 Å². The third-order valence-corrected chi connectivity index (χ3v) is 4.44. The van der Waals surface area contributed by atoms with Crippen LogP contribution in [0.25, 0.3) is 0 Å². The lowest BCUT2D eigenvalue weighted by molar-refractivity contribution is 0.0503.